The van der Waals surface area contributed by atoms with Gasteiger partial charge in [0.2, 0.25) is 0 Å². The lowest BCUT2D eigenvalue weighted by Crippen LogP contribution is -2.35. The summed E-state index contributed by atoms with van der Waals surface area (Å²) >= 11 is 3.64. The van der Waals surface area contributed by atoms with Gasteiger partial charge in [0.1, 0.15) is 0 Å². The zero-order valence-electron chi connectivity index (χ0n) is 8.93. The minimum atomic E-state index is 0.821. The van der Waals surface area contributed by atoms with Crippen LogP contribution in [0.3, 0.4) is 0 Å². The third kappa shape index (κ3) is 4.46. The molecule has 2 heteroatoms. The monoisotopic (exact) mass is 247 g/mol. The van der Waals surface area contributed by atoms with Crippen molar-refractivity contribution < 1.29 is 0 Å². The molecule has 1 saturated carbocycles. The summed E-state index contributed by atoms with van der Waals surface area (Å²) in [5, 5.41) is 0. The first-order chi connectivity index (χ1) is 6.22. The molecule has 0 saturated heterocycles. The van der Waals surface area contributed by atoms with Gasteiger partial charge in [0.15, 0.2) is 0 Å². The van der Waals surface area contributed by atoms with Gasteiger partial charge in [-0.1, -0.05) is 35.7 Å². The van der Waals surface area contributed by atoms with Crippen molar-refractivity contribution in [3.05, 3.63) is 0 Å². The number of nitrogens with zero attached hydrogens (tertiary/aromatic N) is 1. The maximum atomic E-state index is 3.64. The highest BCUT2D eigenvalue weighted by atomic mass is 79.9. The van der Waals surface area contributed by atoms with Gasteiger partial charge in [-0.2, -0.15) is 0 Å². The highest BCUT2D eigenvalue weighted by Gasteiger charge is 2.27. The van der Waals surface area contributed by atoms with E-state index in [1.54, 1.807) is 0 Å². The molecule has 1 aliphatic carbocycles. The molecule has 0 amide bonds. The average Bonchev–Trinajstić information content (AvgIpc) is 2.02. The molecule has 13 heavy (non-hydrogen) atoms. The van der Waals surface area contributed by atoms with E-state index in [0.29, 0.717) is 0 Å². The van der Waals surface area contributed by atoms with Crippen LogP contribution < -0.4 is 0 Å². The van der Waals surface area contributed by atoms with Gasteiger partial charge in [-0.3, -0.25) is 0 Å². The average molecular weight is 248 g/mol. The number of halogens is 1. The predicted molar refractivity (Wildman–Crippen MR) is 62.5 cm³/mol. The molecule has 1 rings (SSSR count). The summed E-state index contributed by atoms with van der Waals surface area (Å²) in [6.45, 7) is 4.87. The molecule has 0 heterocycles. The Morgan fingerprint density at radius 3 is 2.54 bits per heavy atom. The standard InChI is InChI=1S/C11H22BrN/c1-3-4-5-6-13(2)9-10-7-11(12)8-10/h10-11H,3-9H2,1-2H3. The van der Waals surface area contributed by atoms with Gasteiger partial charge < -0.3 is 4.90 Å². The van der Waals surface area contributed by atoms with Crippen LogP contribution in [0.1, 0.15) is 39.0 Å². The highest BCUT2D eigenvalue weighted by molar-refractivity contribution is 9.09. The van der Waals surface area contributed by atoms with Gasteiger partial charge in [0, 0.05) is 11.4 Å². The maximum Gasteiger partial charge on any atom is 0.0152 e. The first-order valence-electron chi connectivity index (χ1n) is 5.55. The minimum absolute atomic E-state index is 0.821. The van der Waals surface area contributed by atoms with Gasteiger partial charge in [-0.05, 0) is 38.8 Å². The van der Waals surface area contributed by atoms with E-state index >= 15 is 0 Å². The van der Waals surface area contributed by atoms with Crippen molar-refractivity contribution in [2.75, 3.05) is 20.1 Å². The predicted octanol–water partition coefficient (Wildman–Crippen LogP) is 3.28. The van der Waals surface area contributed by atoms with Crippen LogP contribution in [0.25, 0.3) is 0 Å². The van der Waals surface area contributed by atoms with Crippen molar-refractivity contribution in [1.82, 2.24) is 4.90 Å². The Balaban J connectivity index is 1.95. The lowest BCUT2D eigenvalue weighted by molar-refractivity contribution is 0.211. The minimum Gasteiger partial charge on any atom is -0.306 e. The van der Waals surface area contributed by atoms with E-state index in [0.717, 1.165) is 10.7 Å². The molecule has 0 unspecified atom stereocenters. The van der Waals surface area contributed by atoms with E-state index in [2.05, 4.69) is 34.8 Å². The van der Waals surface area contributed by atoms with Crippen LogP contribution in [0.4, 0.5) is 0 Å². The molecule has 0 spiro atoms. The topological polar surface area (TPSA) is 3.24 Å². The van der Waals surface area contributed by atoms with Crippen molar-refractivity contribution in [1.29, 1.82) is 0 Å². The van der Waals surface area contributed by atoms with Crippen molar-refractivity contribution in [3.8, 4) is 0 Å². The Hall–Kier alpha value is 0.440. The Bertz CT molecular complexity index is 132. The highest BCUT2D eigenvalue weighted by Crippen LogP contribution is 2.33. The Labute approximate surface area is 91.0 Å². The first kappa shape index (κ1) is 11.5. The molecule has 0 aromatic heterocycles. The third-order valence-electron chi connectivity index (χ3n) is 2.89. The number of unbranched alkanes of at least 4 members (excludes halogenated alkanes) is 2. The summed E-state index contributed by atoms with van der Waals surface area (Å²) < 4.78 is 0. The van der Waals surface area contributed by atoms with Crippen molar-refractivity contribution in [2.45, 2.75) is 43.9 Å². The fraction of sp³-hybridized carbons (Fsp3) is 1.00. The summed E-state index contributed by atoms with van der Waals surface area (Å²) in [7, 11) is 2.26. The van der Waals surface area contributed by atoms with Gasteiger partial charge in [-0.15, -0.1) is 0 Å². The van der Waals surface area contributed by atoms with Crippen LogP contribution in [0, 0.1) is 5.92 Å². The number of rotatable bonds is 6. The normalized spacial score (nSPS) is 27.7. The van der Waals surface area contributed by atoms with E-state index in [9.17, 15) is 0 Å². The summed E-state index contributed by atoms with van der Waals surface area (Å²) in [6.07, 6.45) is 6.87. The molecule has 1 fully saturated rings. The smallest absolute Gasteiger partial charge is 0.0152 e. The number of alkyl halides is 1. The van der Waals surface area contributed by atoms with Gasteiger partial charge in [0.05, 0.1) is 0 Å². The molecule has 0 atom stereocenters. The largest absolute Gasteiger partial charge is 0.306 e. The summed E-state index contributed by atoms with van der Waals surface area (Å²) in [4.78, 5) is 3.32. The van der Waals surface area contributed by atoms with Crippen LogP contribution in [0.15, 0.2) is 0 Å². The second-order valence-corrected chi connectivity index (χ2v) is 5.70. The zero-order chi connectivity index (χ0) is 9.68. The van der Waals surface area contributed by atoms with Crippen LogP contribution in [-0.2, 0) is 0 Å². The molecule has 0 radical (unpaired) electrons. The molecule has 0 aromatic carbocycles. The lowest BCUT2D eigenvalue weighted by atomic mass is 9.85. The van der Waals surface area contributed by atoms with Crippen LogP contribution in [-0.4, -0.2) is 29.9 Å². The molecule has 0 aliphatic heterocycles. The Kier molecular flexibility index (Phi) is 5.34. The van der Waals surface area contributed by atoms with E-state index in [-0.39, 0.29) is 0 Å². The summed E-state index contributed by atoms with van der Waals surface area (Å²) in [5.41, 5.74) is 0. The fourth-order valence-corrected chi connectivity index (χ4v) is 3.02. The van der Waals surface area contributed by atoms with Crippen LogP contribution in [0.5, 0.6) is 0 Å². The number of hydrogen-bond acceptors (Lipinski definition) is 1. The molecule has 78 valence electrons. The molecule has 0 aromatic rings. The molecule has 1 nitrogen and oxygen atoms in total. The molecule has 0 bridgehead atoms. The van der Waals surface area contributed by atoms with E-state index in [4.69, 9.17) is 0 Å². The summed E-state index contributed by atoms with van der Waals surface area (Å²) in [6, 6.07) is 0. The van der Waals surface area contributed by atoms with Gasteiger partial charge >= 0.3 is 0 Å². The second-order valence-electron chi connectivity index (χ2n) is 4.40. The molecular weight excluding hydrogens is 226 g/mol. The number of hydrogen-bond donors (Lipinski definition) is 0. The van der Waals surface area contributed by atoms with Crippen molar-refractivity contribution in [3.63, 3.8) is 0 Å². The second kappa shape index (κ2) is 6.02. The van der Waals surface area contributed by atoms with Crippen LogP contribution >= 0.6 is 15.9 Å². The van der Waals surface area contributed by atoms with Gasteiger partial charge in [-0.25, -0.2) is 0 Å². The maximum absolute atomic E-state index is 3.64. The molecule has 0 N–H and O–H groups in total. The van der Waals surface area contributed by atoms with E-state index in [1.807, 2.05) is 0 Å². The quantitative estimate of drug-likeness (QED) is 0.515. The molecule has 1 aliphatic rings. The Morgan fingerprint density at radius 1 is 1.31 bits per heavy atom. The van der Waals surface area contributed by atoms with E-state index in [1.165, 1.54) is 45.2 Å². The van der Waals surface area contributed by atoms with Crippen LogP contribution in [0.2, 0.25) is 0 Å². The van der Waals surface area contributed by atoms with Crippen molar-refractivity contribution >= 4 is 15.9 Å². The fourth-order valence-electron chi connectivity index (χ4n) is 1.97. The van der Waals surface area contributed by atoms with Crippen molar-refractivity contribution in [2.24, 2.45) is 5.92 Å². The van der Waals surface area contributed by atoms with E-state index < -0.39 is 0 Å². The SMILES string of the molecule is CCCCCN(C)CC1CC(Br)C1. The zero-order valence-corrected chi connectivity index (χ0v) is 10.5. The lowest BCUT2D eigenvalue weighted by Gasteiger charge is -2.34. The first-order valence-corrected chi connectivity index (χ1v) is 6.46. The summed E-state index contributed by atoms with van der Waals surface area (Å²) in [5.74, 6) is 0.969. The van der Waals surface area contributed by atoms with Gasteiger partial charge in [0.25, 0.3) is 0 Å². The third-order valence-corrected chi connectivity index (χ3v) is 3.64. The molecular formula is C11H22BrN. The Morgan fingerprint density at radius 2 is 2.00 bits per heavy atom.